The van der Waals surface area contributed by atoms with Crippen molar-refractivity contribution in [1.82, 2.24) is 9.97 Å². The zero-order chi connectivity index (χ0) is 37.4. The SMILES string of the molecule is CCC(C)(CC)C(=O)/C=C(\O)C(C)(CC)CC.Cc1cc2ccc3c(-c4[c-]cc(C)c5c4oc4ccccc45)nc(C(C)C)nc3c2c(C)c1F.[Ir]. The molecule has 0 aliphatic rings. The van der Waals surface area contributed by atoms with Gasteiger partial charge in [0.05, 0.1) is 11.1 Å². The first-order valence-corrected chi connectivity index (χ1v) is 18.3. The van der Waals surface area contributed by atoms with Crippen LogP contribution in [0.4, 0.5) is 4.39 Å². The van der Waals surface area contributed by atoms with E-state index in [1.54, 1.807) is 6.92 Å². The van der Waals surface area contributed by atoms with E-state index in [1.807, 2.05) is 90.9 Å². The molecule has 4 aromatic carbocycles. The Morgan fingerprint density at radius 3 is 2.15 bits per heavy atom. The van der Waals surface area contributed by atoms with Crippen LogP contribution < -0.4 is 0 Å². The summed E-state index contributed by atoms with van der Waals surface area (Å²) >= 11 is 0. The standard InChI is InChI=1S/C30H24FN2O.C15H28O2.Ir/c1-15(2)30-32-27(21-13-11-19-14-17(4)26(31)18(5)25(19)28(21)33-30)22-12-10-16(3)24-20-8-6-7-9-23(20)34-29(22)24;1-7-14(5,8-2)12(16)11-13(17)15(6,9-3)10-4;/h6-11,13-15H,1-5H3;11,16H,7-10H2,1-6H3;/q-1;;/b;12-11-;. The number of halogens is 1. The van der Waals surface area contributed by atoms with Gasteiger partial charge in [0.15, 0.2) is 5.78 Å². The third-order valence-electron chi connectivity index (χ3n) is 11.3. The maximum atomic E-state index is 15.0. The molecular formula is C45H52FIrN2O3-. The number of benzene rings is 4. The Hall–Kier alpha value is -3.93. The van der Waals surface area contributed by atoms with Crippen molar-refractivity contribution in [1.29, 1.82) is 0 Å². The number of carbonyl (C=O) groups is 1. The summed E-state index contributed by atoms with van der Waals surface area (Å²) in [6.45, 7) is 21.9. The molecule has 2 aromatic heterocycles. The summed E-state index contributed by atoms with van der Waals surface area (Å²) in [4.78, 5) is 22.1. The van der Waals surface area contributed by atoms with Crippen LogP contribution in [0.25, 0.3) is 54.9 Å². The van der Waals surface area contributed by atoms with Crippen molar-refractivity contribution in [3.05, 3.63) is 94.8 Å². The van der Waals surface area contributed by atoms with Gasteiger partial charge >= 0.3 is 0 Å². The van der Waals surface area contributed by atoms with Gasteiger partial charge in [-0.15, -0.1) is 17.7 Å². The van der Waals surface area contributed by atoms with E-state index >= 15 is 0 Å². The average Bonchev–Trinajstić information content (AvgIpc) is 3.53. The van der Waals surface area contributed by atoms with Gasteiger partial charge in [-0.1, -0.05) is 104 Å². The molecule has 0 fully saturated rings. The first-order chi connectivity index (χ1) is 24.1. The zero-order valence-corrected chi connectivity index (χ0v) is 34.9. The number of aliphatic hydroxyl groups is 1. The van der Waals surface area contributed by atoms with Crippen LogP contribution >= 0.6 is 0 Å². The Bertz CT molecular complexity index is 2290. The Labute approximate surface area is 321 Å². The third kappa shape index (κ3) is 7.32. The molecule has 277 valence electrons. The number of allylic oxidation sites excluding steroid dienone is 2. The summed E-state index contributed by atoms with van der Waals surface area (Å²) in [6.07, 6.45) is 4.75. The fourth-order valence-electron chi connectivity index (χ4n) is 6.68. The molecule has 0 aliphatic carbocycles. The minimum Gasteiger partial charge on any atom is -0.512 e. The van der Waals surface area contributed by atoms with Gasteiger partial charge in [0.1, 0.15) is 23.0 Å². The molecule has 7 heteroatoms. The summed E-state index contributed by atoms with van der Waals surface area (Å²) in [5.41, 5.74) is 5.68. The molecule has 6 aromatic rings. The van der Waals surface area contributed by atoms with Crippen LogP contribution in [0.5, 0.6) is 0 Å². The van der Waals surface area contributed by atoms with Crippen LogP contribution in [-0.2, 0) is 24.9 Å². The molecule has 6 rings (SSSR count). The van der Waals surface area contributed by atoms with E-state index < -0.39 is 0 Å². The van der Waals surface area contributed by atoms with Crippen molar-refractivity contribution in [2.45, 2.75) is 108 Å². The molecule has 2 heterocycles. The van der Waals surface area contributed by atoms with Gasteiger partial charge < -0.3 is 9.52 Å². The van der Waals surface area contributed by atoms with Gasteiger partial charge in [0, 0.05) is 59.4 Å². The van der Waals surface area contributed by atoms with Crippen molar-refractivity contribution in [2.24, 2.45) is 10.8 Å². The smallest absolute Gasteiger partial charge is 0.164 e. The van der Waals surface area contributed by atoms with E-state index in [1.165, 1.54) is 6.08 Å². The normalized spacial score (nSPS) is 12.4. The Kier molecular flexibility index (Phi) is 12.5. The minimum absolute atomic E-state index is 0. The predicted octanol–water partition coefficient (Wildman–Crippen LogP) is 13.0. The van der Waals surface area contributed by atoms with Crippen LogP contribution in [0.1, 0.15) is 110 Å². The second-order valence-corrected chi connectivity index (χ2v) is 14.9. The molecule has 1 N–H and O–H groups in total. The summed E-state index contributed by atoms with van der Waals surface area (Å²) in [5, 5.41) is 15.0. The number of ketones is 1. The molecule has 0 aliphatic heterocycles. The molecule has 0 amide bonds. The number of furan rings is 1. The molecular weight excluding hydrogens is 828 g/mol. The van der Waals surface area contributed by atoms with Gasteiger partial charge in [-0.2, -0.15) is 0 Å². The Morgan fingerprint density at radius 2 is 1.54 bits per heavy atom. The van der Waals surface area contributed by atoms with E-state index in [0.717, 1.165) is 86.1 Å². The Balaban J connectivity index is 0.000000289. The molecule has 0 bridgehead atoms. The van der Waals surface area contributed by atoms with E-state index in [2.05, 4.69) is 32.9 Å². The van der Waals surface area contributed by atoms with Gasteiger partial charge in [0.25, 0.3) is 0 Å². The van der Waals surface area contributed by atoms with Gasteiger partial charge in [-0.25, -0.2) is 9.37 Å². The molecule has 0 saturated carbocycles. The van der Waals surface area contributed by atoms with Crippen molar-refractivity contribution in [3.63, 3.8) is 0 Å². The zero-order valence-electron chi connectivity index (χ0n) is 32.5. The van der Waals surface area contributed by atoms with Crippen molar-refractivity contribution in [2.75, 3.05) is 0 Å². The van der Waals surface area contributed by atoms with Crippen LogP contribution in [0, 0.1) is 43.5 Å². The van der Waals surface area contributed by atoms with Gasteiger partial charge in [-0.05, 0) is 73.6 Å². The van der Waals surface area contributed by atoms with Gasteiger partial charge in [-0.3, -0.25) is 9.78 Å². The van der Waals surface area contributed by atoms with Crippen molar-refractivity contribution < 1.29 is 38.8 Å². The number of nitrogens with zero attached hydrogens (tertiary/aromatic N) is 2. The van der Waals surface area contributed by atoms with E-state index in [0.29, 0.717) is 17.0 Å². The summed E-state index contributed by atoms with van der Waals surface area (Å²) in [5.74, 6) is 0.917. The number of aliphatic hydroxyl groups excluding tert-OH is 1. The molecule has 0 spiro atoms. The van der Waals surface area contributed by atoms with Crippen molar-refractivity contribution in [3.8, 4) is 11.3 Å². The summed E-state index contributed by atoms with van der Waals surface area (Å²) in [6, 6.07) is 19.5. The molecule has 0 saturated heterocycles. The van der Waals surface area contributed by atoms with E-state index in [4.69, 9.17) is 14.4 Å². The molecule has 52 heavy (non-hydrogen) atoms. The van der Waals surface area contributed by atoms with Crippen LogP contribution in [-0.4, -0.2) is 20.9 Å². The summed E-state index contributed by atoms with van der Waals surface area (Å²) < 4.78 is 21.3. The summed E-state index contributed by atoms with van der Waals surface area (Å²) in [7, 11) is 0. The number of hydrogen-bond acceptors (Lipinski definition) is 5. The molecule has 0 atom stereocenters. The number of rotatable bonds is 9. The first-order valence-electron chi connectivity index (χ1n) is 18.3. The quantitative estimate of drug-likeness (QED) is 0.0678. The third-order valence-corrected chi connectivity index (χ3v) is 11.3. The second kappa shape index (κ2) is 16.0. The maximum Gasteiger partial charge on any atom is 0.164 e. The number of carbonyl (C=O) groups excluding carboxylic acids is 1. The fourth-order valence-corrected chi connectivity index (χ4v) is 6.68. The molecule has 5 nitrogen and oxygen atoms in total. The van der Waals surface area contributed by atoms with E-state index in [-0.39, 0.29) is 54.2 Å². The largest absolute Gasteiger partial charge is 0.512 e. The molecule has 1 radical (unpaired) electrons. The Morgan fingerprint density at radius 1 is 0.904 bits per heavy atom. The van der Waals surface area contributed by atoms with Crippen molar-refractivity contribution >= 4 is 49.4 Å². The average molecular weight is 880 g/mol. The van der Waals surface area contributed by atoms with E-state index in [9.17, 15) is 14.3 Å². The van der Waals surface area contributed by atoms with Crippen LogP contribution in [0.3, 0.4) is 0 Å². The first kappa shape index (κ1) is 40.8. The monoisotopic (exact) mass is 880 g/mol. The number of aryl methyl sites for hydroxylation is 3. The van der Waals surface area contributed by atoms with Crippen LogP contribution in [0.15, 0.2) is 64.8 Å². The molecule has 0 unspecified atom stereocenters. The minimum atomic E-state index is -0.337. The topological polar surface area (TPSA) is 76.2 Å². The number of aromatic nitrogens is 2. The van der Waals surface area contributed by atoms with Gasteiger partial charge in [0.2, 0.25) is 0 Å². The number of para-hydroxylation sites is 1. The number of fused-ring (bicyclic) bond motifs is 6. The predicted molar refractivity (Wildman–Crippen MR) is 210 cm³/mol. The second-order valence-electron chi connectivity index (χ2n) is 14.9. The fraction of sp³-hybridized carbons (Fsp3) is 0.400. The van der Waals surface area contributed by atoms with Crippen LogP contribution in [0.2, 0.25) is 0 Å². The maximum absolute atomic E-state index is 15.0. The number of hydrogen-bond donors (Lipinski definition) is 1.